The molecule has 0 aliphatic carbocycles. The van der Waals surface area contributed by atoms with Crippen molar-refractivity contribution in [3.05, 3.63) is 27.9 Å². The molecule has 3 heterocycles. The fraction of sp³-hybridized carbons (Fsp3) is 0.722. The molecule has 2 saturated heterocycles. The highest BCUT2D eigenvalue weighted by molar-refractivity contribution is 5.92. The number of likely N-dealkylation sites (tertiary alicyclic amines) is 1. The minimum atomic E-state index is -0.514. The SMILES string of the molecule is CC(C)Cc1cc(C(=O)N2CCC3(CC2)OCCCC3O)nc(=O)[nH]1. The van der Waals surface area contributed by atoms with Gasteiger partial charge in [0.1, 0.15) is 5.69 Å². The summed E-state index contributed by atoms with van der Waals surface area (Å²) in [5.41, 5.74) is -0.0706. The number of rotatable bonds is 3. The minimum Gasteiger partial charge on any atom is -0.390 e. The molecule has 0 saturated carbocycles. The molecule has 2 fully saturated rings. The molecule has 138 valence electrons. The third kappa shape index (κ3) is 3.93. The van der Waals surface area contributed by atoms with Crippen LogP contribution in [0.15, 0.2) is 10.9 Å². The number of aromatic amines is 1. The van der Waals surface area contributed by atoms with Crippen LogP contribution >= 0.6 is 0 Å². The van der Waals surface area contributed by atoms with E-state index in [1.54, 1.807) is 11.0 Å². The molecule has 7 nitrogen and oxygen atoms in total. The largest absolute Gasteiger partial charge is 0.390 e. The van der Waals surface area contributed by atoms with Gasteiger partial charge in [0.05, 0.1) is 11.7 Å². The monoisotopic (exact) mass is 349 g/mol. The van der Waals surface area contributed by atoms with Crippen molar-refractivity contribution < 1.29 is 14.6 Å². The molecule has 1 aromatic rings. The van der Waals surface area contributed by atoms with Crippen LogP contribution in [-0.4, -0.2) is 57.3 Å². The number of H-pyrrole nitrogens is 1. The Balaban J connectivity index is 1.70. The Morgan fingerprint density at radius 1 is 1.48 bits per heavy atom. The fourth-order valence-electron chi connectivity index (χ4n) is 3.81. The van der Waals surface area contributed by atoms with Crippen LogP contribution in [0.1, 0.15) is 55.7 Å². The second-order valence-electron chi connectivity index (χ2n) is 7.56. The smallest absolute Gasteiger partial charge is 0.345 e. The van der Waals surface area contributed by atoms with Crippen LogP contribution in [-0.2, 0) is 11.2 Å². The summed E-state index contributed by atoms with van der Waals surface area (Å²) >= 11 is 0. The average Bonchev–Trinajstić information content (AvgIpc) is 2.56. The molecule has 1 unspecified atom stereocenters. The van der Waals surface area contributed by atoms with E-state index in [9.17, 15) is 14.7 Å². The molecule has 7 heteroatoms. The van der Waals surface area contributed by atoms with Gasteiger partial charge >= 0.3 is 5.69 Å². The van der Waals surface area contributed by atoms with Crippen molar-refractivity contribution in [2.24, 2.45) is 5.92 Å². The lowest BCUT2D eigenvalue weighted by Gasteiger charge is -2.46. The number of ether oxygens (including phenoxy) is 1. The number of carbonyl (C=O) groups is 1. The van der Waals surface area contributed by atoms with Gasteiger partial charge in [-0.25, -0.2) is 4.79 Å². The van der Waals surface area contributed by atoms with Crippen molar-refractivity contribution >= 4 is 5.91 Å². The van der Waals surface area contributed by atoms with Crippen LogP contribution in [0.25, 0.3) is 0 Å². The van der Waals surface area contributed by atoms with Crippen molar-refractivity contribution in [3.63, 3.8) is 0 Å². The first-order valence-electron chi connectivity index (χ1n) is 9.11. The number of piperidine rings is 1. The van der Waals surface area contributed by atoms with Gasteiger partial charge in [-0.15, -0.1) is 0 Å². The third-order valence-corrected chi connectivity index (χ3v) is 5.16. The van der Waals surface area contributed by atoms with Gasteiger partial charge in [0.2, 0.25) is 0 Å². The second-order valence-corrected chi connectivity index (χ2v) is 7.56. The van der Waals surface area contributed by atoms with E-state index in [1.807, 2.05) is 0 Å². The zero-order valence-electron chi connectivity index (χ0n) is 15.0. The second kappa shape index (κ2) is 7.25. The van der Waals surface area contributed by atoms with E-state index in [1.165, 1.54) is 0 Å². The van der Waals surface area contributed by atoms with Crippen LogP contribution in [0.2, 0.25) is 0 Å². The lowest BCUT2D eigenvalue weighted by atomic mass is 9.82. The summed E-state index contributed by atoms with van der Waals surface area (Å²) in [7, 11) is 0. The zero-order chi connectivity index (χ0) is 18.0. The number of amides is 1. The first-order chi connectivity index (χ1) is 11.9. The lowest BCUT2D eigenvalue weighted by Crippen LogP contribution is -2.56. The van der Waals surface area contributed by atoms with Crippen molar-refractivity contribution in [2.75, 3.05) is 19.7 Å². The van der Waals surface area contributed by atoms with E-state index >= 15 is 0 Å². The molecule has 0 radical (unpaired) electrons. The first kappa shape index (κ1) is 18.1. The van der Waals surface area contributed by atoms with Gasteiger partial charge in [0.15, 0.2) is 0 Å². The lowest BCUT2D eigenvalue weighted by molar-refractivity contribution is -0.174. The molecule has 3 rings (SSSR count). The first-order valence-corrected chi connectivity index (χ1v) is 9.11. The fourth-order valence-corrected chi connectivity index (χ4v) is 3.81. The highest BCUT2D eigenvalue weighted by atomic mass is 16.5. The van der Waals surface area contributed by atoms with Crippen LogP contribution in [0, 0.1) is 5.92 Å². The number of nitrogens with zero attached hydrogens (tertiary/aromatic N) is 2. The standard InChI is InChI=1S/C18H27N3O4/c1-12(2)10-13-11-14(20-17(24)19-13)16(23)21-7-5-18(6-8-21)15(22)4-3-9-25-18/h11-12,15,22H,3-10H2,1-2H3,(H,19,20,24). The molecule has 0 aromatic carbocycles. The van der Waals surface area contributed by atoms with Crippen LogP contribution in [0.3, 0.4) is 0 Å². The van der Waals surface area contributed by atoms with Gasteiger partial charge < -0.3 is 19.7 Å². The Kier molecular flexibility index (Phi) is 5.24. The quantitative estimate of drug-likeness (QED) is 0.852. The average molecular weight is 349 g/mol. The number of aromatic nitrogens is 2. The summed E-state index contributed by atoms with van der Waals surface area (Å²) in [4.78, 5) is 32.8. The maximum Gasteiger partial charge on any atom is 0.345 e. The highest BCUT2D eigenvalue weighted by Gasteiger charge is 2.44. The van der Waals surface area contributed by atoms with Crippen LogP contribution in [0.4, 0.5) is 0 Å². The van der Waals surface area contributed by atoms with Crippen molar-refractivity contribution in [3.8, 4) is 0 Å². The van der Waals surface area contributed by atoms with Crippen LogP contribution < -0.4 is 5.69 Å². The van der Waals surface area contributed by atoms with E-state index in [4.69, 9.17) is 4.74 Å². The molecule has 1 aromatic heterocycles. The Hall–Kier alpha value is -1.73. The van der Waals surface area contributed by atoms with E-state index in [2.05, 4.69) is 23.8 Å². The predicted molar refractivity (Wildman–Crippen MR) is 92.5 cm³/mol. The van der Waals surface area contributed by atoms with Gasteiger partial charge in [-0.3, -0.25) is 4.79 Å². The van der Waals surface area contributed by atoms with Gasteiger partial charge in [0.25, 0.3) is 5.91 Å². The normalized spacial score (nSPS) is 23.2. The molecular weight excluding hydrogens is 322 g/mol. The summed E-state index contributed by atoms with van der Waals surface area (Å²) < 4.78 is 5.88. The molecule has 2 aliphatic rings. The van der Waals surface area contributed by atoms with E-state index < -0.39 is 17.4 Å². The van der Waals surface area contributed by atoms with E-state index in [-0.39, 0.29) is 11.6 Å². The van der Waals surface area contributed by atoms with E-state index in [0.29, 0.717) is 44.9 Å². The third-order valence-electron chi connectivity index (χ3n) is 5.16. The molecule has 0 bridgehead atoms. The number of aliphatic hydroxyl groups is 1. The zero-order valence-corrected chi connectivity index (χ0v) is 15.0. The van der Waals surface area contributed by atoms with Crippen molar-refractivity contribution in [2.45, 2.75) is 57.7 Å². The molecule has 1 atom stereocenters. The predicted octanol–water partition coefficient (Wildman–Crippen LogP) is 1.11. The number of aliphatic hydroxyl groups excluding tert-OH is 1. The molecule has 2 aliphatic heterocycles. The summed E-state index contributed by atoms with van der Waals surface area (Å²) in [6.07, 6.45) is 3.09. The maximum atomic E-state index is 12.8. The number of nitrogens with one attached hydrogen (secondary N) is 1. The Morgan fingerprint density at radius 2 is 2.20 bits per heavy atom. The molecule has 1 amide bonds. The topological polar surface area (TPSA) is 95.5 Å². The van der Waals surface area contributed by atoms with Crippen LogP contribution in [0.5, 0.6) is 0 Å². The van der Waals surface area contributed by atoms with Gasteiger partial charge in [-0.2, -0.15) is 4.98 Å². The summed E-state index contributed by atoms with van der Waals surface area (Å²) in [5.74, 6) is 0.150. The van der Waals surface area contributed by atoms with Gasteiger partial charge in [0, 0.05) is 25.4 Å². The summed E-state index contributed by atoms with van der Waals surface area (Å²) in [6.45, 7) is 5.78. The number of hydrogen-bond donors (Lipinski definition) is 2. The van der Waals surface area contributed by atoms with Crippen molar-refractivity contribution in [1.29, 1.82) is 0 Å². The molecule has 25 heavy (non-hydrogen) atoms. The molecule has 1 spiro atoms. The molecule has 2 N–H and O–H groups in total. The maximum absolute atomic E-state index is 12.8. The summed E-state index contributed by atoms with van der Waals surface area (Å²) in [6, 6.07) is 1.68. The molecular formula is C18H27N3O4. The Morgan fingerprint density at radius 3 is 2.84 bits per heavy atom. The Labute approximate surface area is 147 Å². The van der Waals surface area contributed by atoms with Crippen molar-refractivity contribution in [1.82, 2.24) is 14.9 Å². The van der Waals surface area contributed by atoms with Gasteiger partial charge in [-0.1, -0.05) is 13.8 Å². The number of hydrogen-bond acceptors (Lipinski definition) is 5. The highest BCUT2D eigenvalue weighted by Crippen LogP contribution is 2.35. The minimum absolute atomic E-state index is 0.195. The van der Waals surface area contributed by atoms with Gasteiger partial charge in [-0.05, 0) is 44.1 Å². The summed E-state index contributed by atoms with van der Waals surface area (Å²) in [5, 5.41) is 10.3. The Bertz CT molecular complexity index is 677. The number of carbonyl (C=O) groups excluding carboxylic acids is 1. The van der Waals surface area contributed by atoms with E-state index in [0.717, 1.165) is 18.5 Å².